The van der Waals surface area contributed by atoms with Crippen molar-refractivity contribution in [3.8, 4) is 0 Å². The molecule has 3 N–H and O–H groups in total. The molecule has 0 spiro atoms. The van der Waals surface area contributed by atoms with E-state index in [-0.39, 0.29) is 25.0 Å². The molecule has 0 aromatic carbocycles. The summed E-state index contributed by atoms with van der Waals surface area (Å²) in [4.78, 5) is 25.0. The van der Waals surface area contributed by atoms with Crippen molar-refractivity contribution in [2.24, 2.45) is 5.73 Å². The number of carboxylic acids is 1. The van der Waals surface area contributed by atoms with Gasteiger partial charge < -0.3 is 20.5 Å². The highest BCUT2D eigenvalue weighted by Gasteiger charge is 2.43. The second-order valence-corrected chi connectivity index (χ2v) is 4.88. The van der Waals surface area contributed by atoms with Crippen LogP contribution in [0, 0.1) is 0 Å². The van der Waals surface area contributed by atoms with Gasteiger partial charge in [-0.15, -0.1) is 0 Å². The van der Waals surface area contributed by atoms with E-state index in [1.54, 1.807) is 6.92 Å². The lowest BCUT2D eigenvalue weighted by Crippen LogP contribution is -2.58. The van der Waals surface area contributed by atoms with E-state index in [0.29, 0.717) is 13.0 Å². The van der Waals surface area contributed by atoms with E-state index in [9.17, 15) is 14.7 Å². The number of carbonyl (C=O) groups is 2. The zero-order chi connectivity index (χ0) is 13.8. The van der Waals surface area contributed by atoms with E-state index in [2.05, 4.69) is 0 Å². The van der Waals surface area contributed by atoms with Crippen molar-refractivity contribution in [3.05, 3.63) is 0 Å². The van der Waals surface area contributed by atoms with Crippen LogP contribution in [0.1, 0.15) is 32.6 Å². The standard InChI is InChI=1S/C12H22N2O4/c1-12(11(16)17)5-3-4-6-14(12)10(15)7-9(8-13)18-2/h9H,3-8,13H2,1-2H3,(H,16,17). The highest BCUT2D eigenvalue weighted by molar-refractivity contribution is 5.87. The average molecular weight is 258 g/mol. The summed E-state index contributed by atoms with van der Waals surface area (Å²) >= 11 is 0. The molecule has 0 saturated carbocycles. The van der Waals surface area contributed by atoms with Crippen LogP contribution in [0.3, 0.4) is 0 Å². The van der Waals surface area contributed by atoms with Crippen LogP contribution in [0.2, 0.25) is 0 Å². The third kappa shape index (κ3) is 3.00. The van der Waals surface area contributed by atoms with Crippen LogP contribution in [0.15, 0.2) is 0 Å². The Morgan fingerprint density at radius 3 is 2.67 bits per heavy atom. The molecule has 2 unspecified atom stereocenters. The van der Waals surface area contributed by atoms with Gasteiger partial charge in [0.05, 0.1) is 12.5 Å². The van der Waals surface area contributed by atoms with E-state index in [1.165, 1.54) is 12.0 Å². The van der Waals surface area contributed by atoms with Crippen LogP contribution in [-0.4, -0.2) is 53.7 Å². The van der Waals surface area contributed by atoms with Gasteiger partial charge in [-0.05, 0) is 26.2 Å². The maximum Gasteiger partial charge on any atom is 0.329 e. The number of hydrogen-bond donors (Lipinski definition) is 2. The summed E-state index contributed by atoms with van der Waals surface area (Å²) in [5.41, 5.74) is 4.38. The molecule has 0 radical (unpaired) electrons. The lowest BCUT2D eigenvalue weighted by atomic mass is 9.88. The lowest BCUT2D eigenvalue weighted by Gasteiger charge is -2.42. The molecule has 0 aromatic heterocycles. The number of nitrogens with two attached hydrogens (primary N) is 1. The van der Waals surface area contributed by atoms with E-state index >= 15 is 0 Å². The van der Waals surface area contributed by atoms with Crippen molar-refractivity contribution in [1.29, 1.82) is 0 Å². The van der Waals surface area contributed by atoms with Crippen LogP contribution in [0.5, 0.6) is 0 Å². The minimum atomic E-state index is -1.10. The first-order chi connectivity index (χ1) is 8.45. The van der Waals surface area contributed by atoms with Crippen molar-refractivity contribution < 1.29 is 19.4 Å². The van der Waals surface area contributed by atoms with Gasteiger partial charge in [0.2, 0.25) is 5.91 Å². The zero-order valence-electron chi connectivity index (χ0n) is 11.0. The highest BCUT2D eigenvalue weighted by atomic mass is 16.5. The lowest BCUT2D eigenvalue weighted by molar-refractivity contribution is -0.161. The average Bonchev–Trinajstić information content (AvgIpc) is 2.36. The number of hydrogen-bond acceptors (Lipinski definition) is 4. The summed E-state index contributed by atoms with van der Waals surface area (Å²) in [5.74, 6) is -1.14. The Morgan fingerprint density at radius 2 is 2.17 bits per heavy atom. The molecule has 0 aliphatic carbocycles. The molecule has 0 aromatic rings. The molecule has 6 nitrogen and oxygen atoms in total. The Balaban J connectivity index is 2.78. The minimum absolute atomic E-state index is 0.135. The number of rotatable bonds is 5. The van der Waals surface area contributed by atoms with Gasteiger partial charge in [-0.2, -0.15) is 0 Å². The minimum Gasteiger partial charge on any atom is -0.480 e. The quantitative estimate of drug-likeness (QED) is 0.735. The number of methoxy groups -OCH3 is 1. The topological polar surface area (TPSA) is 92.9 Å². The monoisotopic (exact) mass is 258 g/mol. The molecule has 104 valence electrons. The number of amides is 1. The predicted octanol–water partition coefficient (Wildman–Crippen LogP) is 0.206. The van der Waals surface area contributed by atoms with E-state index in [0.717, 1.165) is 12.8 Å². The molecule has 1 fully saturated rings. The SMILES string of the molecule is COC(CN)CC(=O)N1CCCCC1(C)C(=O)O. The fraction of sp³-hybridized carbons (Fsp3) is 0.833. The van der Waals surface area contributed by atoms with Crippen molar-refractivity contribution in [1.82, 2.24) is 4.90 Å². The van der Waals surface area contributed by atoms with Gasteiger partial charge in [0.1, 0.15) is 5.54 Å². The summed E-state index contributed by atoms with van der Waals surface area (Å²) in [7, 11) is 1.50. The smallest absolute Gasteiger partial charge is 0.329 e. The van der Waals surface area contributed by atoms with Crippen LogP contribution in [-0.2, 0) is 14.3 Å². The zero-order valence-corrected chi connectivity index (χ0v) is 11.0. The van der Waals surface area contributed by atoms with Crippen molar-refractivity contribution >= 4 is 11.9 Å². The molecule has 1 amide bonds. The number of nitrogens with zero attached hydrogens (tertiary/aromatic N) is 1. The summed E-state index contributed by atoms with van der Waals surface area (Å²) < 4.78 is 5.07. The van der Waals surface area contributed by atoms with Gasteiger partial charge in [-0.1, -0.05) is 0 Å². The fourth-order valence-electron chi connectivity index (χ4n) is 2.31. The second-order valence-electron chi connectivity index (χ2n) is 4.88. The fourth-order valence-corrected chi connectivity index (χ4v) is 2.31. The maximum absolute atomic E-state index is 12.2. The molecule has 2 atom stereocenters. The van der Waals surface area contributed by atoms with E-state index in [4.69, 9.17) is 10.5 Å². The van der Waals surface area contributed by atoms with Gasteiger partial charge >= 0.3 is 5.97 Å². The van der Waals surface area contributed by atoms with Gasteiger partial charge in [0.15, 0.2) is 0 Å². The molecule has 1 aliphatic heterocycles. The number of ether oxygens (including phenoxy) is 1. The Bertz CT molecular complexity index is 317. The normalized spacial score (nSPS) is 25.8. The number of carbonyl (C=O) groups excluding carboxylic acids is 1. The summed E-state index contributed by atoms with van der Waals surface area (Å²) in [6, 6.07) is 0. The first-order valence-corrected chi connectivity index (χ1v) is 6.22. The van der Waals surface area contributed by atoms with Crippen molar-refractivity contribution in [2.45, 2.75) is 44.2 Å². The Labute approximate surface area is 107 Å². The number of carboxylic acid groups (broad SMARTS) is 1. The Morgan fingerprint density at radius 1 is 1.50 bits per heavy atom. The largest absolute Gasteiger partial charge is 0.480 e. The first-order valence-electron chi connectivity index (χ1n) is 6.22. The number of aliphatic carboxylic acids is 1. The van der Waals surface area contributed by atoms with Crippen molar-refractivity contribution in [2.75, 3.05) is 20.2 Å². The molecule has 1 aliphatic rings. The van der Waals surface area contributed by atoms with Crippen LogP contribution >= 0.6 is 0 Å². The molecule has 1 saturated heterocycles. The van der Waals surface area contributed by atoms with Crippen LogP contribution < -0.4 is 5.73 Å². The summed E-state index contributed by atoms with van der Waals surface area (Å²) in [6.45, 7) is 2.35. The van der Waals surface area contributed by atoms with Gasteiger partial charge in [0.25, 0.3) is 0 Å². The predicted molar refractivity (Wildman–Crippen MR) is 66.1 cm³/mol. The summed E-state index contributed by atoms with van der Waals surface area (Å²) in [5, 5.41) is 9.32. The molecular weight excluding hydrogens is 236 g/mol. The third-order valence-electron chi connectivity index (χ3n) is 3.65. The molecule has 6 heteroatoms. The summed E-state index contributed by atoms with van der Waals surface area (Å²) in [6.07, 6.45) is 1.95. The molecule has 18 heavy (non-hydrogen) atoms. The molecule has 1 heterocycles. The number of likely N-dealkylation sites (tertiary alicyclic amines) is 1. The maximum atomic E-state index is 12.2. The van der Waals surface area contributed by atoms with Crippen LogP contribution in [0.4, 0.5) is 0 Å². The highest BCUT2D eigenvalue weighted by Crippen LogP contribution is 2.29. The molecular formula is C12H22N2O4. The Hall–Kier alpha value is -1.14. The molecule has 0 bridgehead atoms. The first kappa shape index (κ1) is 14.9. The number of piperidine rings is 1. The van der Waals surface area contributed by atoms with Gasteiger partial charge in [-0.25, -0.2) is 4.79 Å². The Kier molecular flexibility index (Phi) is 5.10. The van der Waals surface area contributed by atoms with E-state index < -0.39 is 11.5 Å². The van der Waals surface area contributed by atoms with E-state index in [1.807, 2.05) is 0 Å². The van der Waals surface area contributed by atoms with Crippen molar-refractivity contribution in [3.63, 3.8) is 0 Å². The van der Waals surface area contributed by atoms with Crippen LogP contribution in [0.25, 0.3) is 0 Å². The molecule has 1 rings (SSSR count). The van der Waals surface area contributed by atoms with Gasteiger partial charge in [-0.3, -0.25) is 4.79 Å². The van der Waals surface area contributed by atoms with Gasteiger partial charge in [0, 0.05) is 20.2 Å². The second kappa shape index (κ2) is 6.15. The third-order valence-corrected chi connectivity index (χ3v) is 3.65.